The van der Waals surface area contributed by atoms with Gasteiger partial charge >= 0.3 is 0 Å². The number of rotatable bonds is 5. The molecule has 0 spiro atoms. The summed E-state index contributed by atoms with van der Waals surface area (Å²) in [5.41, 5.74) is 9.74. The van der Waals surface area contributed by atoms with Gasteiger partial charge in [0, 0.05) is 18.7 Å². The second-order valence-corrected chi connectivity index (χ2v) is 6.00. The second kappa shape index (κ2) is 6.19. The zero-order valence-corrected chi connectivity index (χ0v) is 12.3. The zero-order chi connectivity index (χ0) is 13.8. The molecule has 5 heteroatoms. The number of nitrogens with one attached hydrogen (secondary N) is 2. The van der Waals surface area contributed by atoms with Crippen molar-refractivity contribution >= 4 is 34.7 Å². The molecule has 1 aliphatic heterocycles. The Morgan fingerprint density at radius 1 is 1.47 bits per heavy atom. The molecule has 0 aromatic heterocycles. The highest BCUT2D eigenvalue weighted by Gasteiger charge is 2.16. The lowest BCUT2D eigenvalue weighted by molar-refractivity contribution is -0.116. The van der Waals surface area contributed by atoms with Crippen LogP contribution in [-0.4, -0.2) is 24.5 Å². The number of hydrogen-bond donors (Lipinski definition) is 3. The van der Waals surface area contributed by atoms with Crippen LogP contribution in [0, 0.1) is 5.92 Å². The topological polar surface area (TPSA) is 67.1 Å². The molecule has 1 unspecified atom stereocenters. The quantitative estimate of drug-likeness (QED) is 0.725. The predicted octanol–water partition coefficient (Wildman–Crippen LogP) is 2.56. The Kier molecular flexibility index (Phi) is 4.58. The summed E-state index contributed by atoms with van der Waals surface area (Å²) in [6, 6.07) is 3.92. The molecular formula is C14H21N3OS. The number of nitrogens with two attached hydrogens (primary N) is 1. The number of anilines is 3. The van der Waals surface area contributed by atoms with Crippen molar-refractivity contribution in [2.75, 3.05) is 34.9 Å². The number of thioether (sulfide) groups is 1. The minimum absolute atomic E-state index is 0.0824. The molecule has 0 radical (unpaired) electrons. The minimum Gasteiger partial charge on any atom is -0.397 e. The summed E-state index contributed by atoms with van der Waals surface area (Å²) >= 11 is 1.84. The molecule has 104 valence electrons. The van der Waals surface area contributed by atoms with Gasteiger partial charge in [0.1, 0.15) is 0 Å². The van der Waals surface area contributed by atoms with Crippen molar-refractivity contribution in [3.05, 3.63) is 17.7 Å². The highest BCUT2D eigenvalue weighted by atomic mass is 32.2. The fourth-order valence-electron chi connectivity index (χ4n) is 2.23. The fraction of sp³-hybridized carbons (Fsp3) is 0.500. The molecule has 1 atom stereocenters. The fourth-order valence-corrected chi connectivity index (χ4v) is 2.92. The van der Waals surface area contributed by atoms with Gasteiger partial charge in [-0.3, -0.25) is 4.79 Å². The third-order valence-corrected chi connectivity index (χ3v) is 4.17. The lowest BCUT2D eigenvalue weighted by Crippen LogP contribution is -2.20. The lowest BCUT2D eigenvalue weighted by Gasteiger charge is -2.20. The summed E-state index contributed by atoms with van der Waals surface area (Å²) < 4.78 is 0. The molecule has 0 bridgehead atoms. The highest BCUT2D eigenvalue weighted by molar-refractivity contribution is 7.98. The first-order chi connectivity index (χ1) is 9.10. The molecule has 1 aromatic rings. The first kappa shape index (κ1) is 14.1. The summed E-state index contributed by atoms with van der Waals surface area (Å²) in [7, 11) is 0. The van der Waals surface area contributed by atoms with E-state index in [1.165, 1.54) is 0 Å². The Morgan fingerprint density at radius 3 is 3.00 bits per heavy atom. The summed E-state index contributed by atoms with van der Waals surface area (Å²) in [6.07, 6.45) is 3.43. The van der Waals surface area contributed by atoms with Crippen LogP contribution in [0.1, 0.15) is 18.9 Å². The molecule has 0 fully saturated rings. The van der Waals surface area contributed by atoms with Gasteiger partial charge in [0.2, 0.25) is 5.91 Å². The van der Waals surface area contributed by atoms with Gasteiger partial charge in [0.25, 0.3) is 0 Å². The highest BCUT2D eigenvalue weighted by Crippen LogP contribution is 2.31. The number of aryl methyl sites for hydroxylation is 1. The van der Waals surface area contributed by atoms with Gasteiger partial charge in [0.05, 0.1) is 11.4 Å². The van der Waals surface area contributed by atoms with Crippen LogP contribution in [-0.2, 0) is 11.2 Å². The molecule has 1 aromatic carbocycles. The van der Waals surface area contributed by atoms with Crippen molar-refractivity contribution in [2.24, 2.45) is 5.92 Å². The lowest BCUT2D eigenvalue weighted by atomic mass is 10.0. The van der Waals surface area contributed by atoms with E-state index in [0.717, 1.165) is 41.3 Å². The number of nitrogen functional groups attached to an aromatic ring is 1. The van der Waals surface area contributed by atoms with E-state index in [2.05, 4.69) is 23.8 Å². The Bertz CT molecular complexity index is 476. The van der Waals surface area contributed by atoms with E-state index in [9.17, 15) is 4.79 Å². The first-order valence-corrected chi connectivity index (χ1v) is 7.94. The van der Waals surface area contributed by atoms with Crippen LogP contribution >= 0.6 is 11.8 Å². The summed E-state index contributed by atoms with van der Waals surface area (Å²) in [4.78, 5) is 11.4. The smallest absolute Gasteiger partial charge is 0.224 e. The van der Waals surface area contributed by atoms with Gasteiger partial charge in [-0.25, -0.2) is 0 Å². The number of carbonyl (C=O) groups is 1. The van der Waals surface area contributed by atoms with Gasteiger partial charge in [-0.1, -0.05) is 6.92 Å². The van der Waals surface area contributed by atoms with E-state index < -0.39 is 0 Å². The maximum absolute atomic E-state index is 11.4. The van der Waals surface area contributed by atoms with E-state index in [0.29, 0.717) is 12.3 Å². The number of fused-ring (bicyclic) bond motifs is 1. The van der Waals surface area contributed by atoms with Gasteiger partial charge < -0.3 is 16.4 Å². The normalized spacial score (nSPS) is 15.6. The molecule has 1 heterocycles. The molecule has 1 amide bonds. The van der Waals surface area contributed by atoms with E-state index in [1.54, 1.807) is 0 Å². The van der Waals surface area contributed by atoms with Crippen molar-refractivity contribution in [3.63, 3.8) is 0 Å². The van der Waals surface area contributed by atoms with E-state index in [1.807, 2.05) is 23.9 Å². The van der Waals surface area contributed by atoms with Crippen molar-refractivity contribution < 1.29 is 4.79 Å². The van der Waals surface area contributed by atoms with Crippen LogP contribution in [0.2, 0.25) is 0 Å². The Hall–Kier alpha value is -1.36. The molecule has 1 aliphatic rings. The Labute approximate surface area is 118 Å². The average Bonchev–Trinajstić information content (AvgIpc) is 2.37. The van der Waals surface area contributed by atoms with Gasteiger partial charge in [-0.05, 0) is 42.0 Å². The van der Waals surface area contributed by atoms with Crippen molar-refractivity contribution in [1.29, 1.82) is 0 Å². The minimum atomic E-state index is 0.0824. The monoisotopic (exact) mass is 279 g/mol. The van der Waals surface area contributed by atoms with E-state index in [-0.39, 0.29) is 5.91 Å². The predicted molar refractivity (Wildman–Crippen MR) is 83.8 cm³/mol. The third kappa shape index (κ3) is 3.56. The molecule has 0 saturated carbocycles. The van der Waals surface area contributed by atoms with Gasteiger partial charge in [-0.2, -0.15) is 11.8 Å². The number of amides is 1. The number of hydrogen-bond acceptors (Lipinski definition) is 4. The molecule has 0 aliphatic carbocycles. The Balaban J connectivity index is 2.08. The molecule has 4 nitrogen and oxygen atoms in total. The molecule has 19 heavy (non-hydrogen) atoms. The van der Waals surface area contributed by atoms with Gasteiger partial charge in [-0.15, -0.1) is 0 Å². The van der Waals surface area contributed by atoms with Crippen molar-refractivity contribution in [2.45, 2.75) is 19.8 Å². The van der Waals surface area contributed by atoms with Crippen LogP contribution < -0.4 is 16.4 Å². The molecule has 2 rings (SSSR count). The second-order valence-electron chi connectivity index (χ2n) is 5.09. The van der Waals surface area contributed by atoms with E-state index in [4.69, 9.17) is 5.73 Å². The first-order valence-electron chi connectivity index (χ1n) is 6.55. The van der Waals surface area contributed by atoms with Crippen molar-refractivity contribution in [3.8, 4) is 0 Å². The Morgan fingerprint density at radius 2 is 2.26 bits per heavy atom. The molecule has 0 saturated heterocycles. The SMILES string of the molecule is CSCC(C)CNc1cc2c(cc1N)CCC(=O)N2. The number of carbonyl (C=O) groups excluding carboxylic acids is 1. The summed E-state index contributed by atoms with van der Waals surface area (Å²) in [5, 5.41) is 6.27. The number of benzene rings is 1. The van der Waals surface area contributed by atoms with Crippen LogP contribution in [0.15, 0.2) is 12.1 Å². The maximum Gasteiger partial charge on any atom is 0.224 e. The van der Waals surface area contributed by atoms with Crippen LogP contribution in [0.5, 0.6) is 0 Å². The van der Waals surface area contributed by atoms with Crippen LogP contribution in [0.4, 0.5) is 17.1 Å². The molecule has 4 N–H and O–H groups in total. The summed E-state index contributed by atoms with van der Waals surface area (Å²) in [6.45, 7) is 3.09. The average molecular weight is 279 g/mol. The summed E-state index contributed by atoms with van der Waals surface area (Å²) in [5.74, 6) is 1.79. The largest absolute Gasteiger partial charge is 0.397 e. The standard InChI is InChI=1S/C14H21N3OS/c1-9(8-19-2)7-16-13-6-12-10(5-11(13)15)3-4-14(18)17-12/h5-6,9,16H,3-4,7-8,15H2,1-2H3,(H,17,18). The van der Waals surface area contributed by atoms with Gasteiger partial charge in [0.15, 0.2) is 0 Å². The van der Waals surface area contributed by atoms with Crippen LogP contribution in [0.25, 0.3) is 0 Å². The third-order valence-electron chi connectivity index (χ3n) is 3.26. The van der Waals surface area contributed by atoms with E-state index >= 15 is 0 Å². The van der Waals surface area contributed by atoms with Crippen LogP contribution in [0.3, 0.4) is 0 Å². The molecular weight excluding hydrogens is 258 g/mol. The van der Waals surface area contributed by atoms with Crippen molar-refractivity contribution in [1.82, 2.24) is 0 Å². The zero-order valence-electron chi connectivity index (χ0n) is 11.5. The maximum atomic E-state index is 11.4.